The van der Waals surface area contributed by atoms with Crippen molar-refractivity contribution >= 4 is 10.8 Å². The second-order valence-electron chi connectivity index (χ2n) is 3.28. The van der Waals surface area contributed by atoms with E-state index in [0.29, 0.717) is 11.3 Å². The molecule has 0 saturated heterocycles. The predicted octanol–water partition coefficient (Wildman–Crippen LogP) is 1.02. The maximum absolute atomic E-state index is 11.4. The second-order valence-corrected chi connectivity index (χ2v) is 5.12. The molecule has 66 valence electrons. The molecule has 2 nitrogen and oxygen atoms in total. The fourth-order valence-corrected chi connectivity index (χ4v) is 3.18. The molecule has 0 bridgehead atoms. The first-order valence-electron chi connectivity index (χ1n) is 4.36. The van der Waals surface area contributed by atoms with Gasteiger partial charge in [-0.05, 0) is 25.7 Å². The smallest absolute Gasteiger partial charge is 0.0363 e. The van der Waals surface area contributed by atoms with E-state index < -0.39 is 10.8 Å². The first kappa shape index (κ1) is 9.20. The van der Waals surface area contributed by atoms with Gasteiger partial charge >= 0.3 is 0 Å². The summed E-state index contributed by atoms with van der Waals surface area (Å²) in [5.41, 5.74) is 5.72. The Balaban J connectivity index is 2.31. The van der Waals surface area contributed by atoms with Gasteiger partial charge in [0.1, 0.15) is 0 Å². The topological polar surface area (TPSA) is 43.1 Å². The SMILES string of the molecule is CCCS(=O)C1CCC(N)C1. The van der Waals surface area contributed by atoms with E-state index in [1.54, 1.807) is 0 Å². The van der Waals surface area contributed by atoms with Crippen LogP contribution in [0.1, 0.15) is 32.6 Å². The molecule has 11 heavy (non-hydrogen) atoms. The summed E-state index contributed by atoms with van der Waals surface area (Å²) in [6, 6.07) is 0.320. The molecule has 0 aliphatic heterocycles. The van der Waals surface area contributed by atoms with Crippen LogP contribution in [0.15, 0.2) is 0 Å². The molecular weight excluding hydrogens is 158 g/mol. The molecule has 3 unspecified atom stereocenters. The lowest BCUT2D eigenvalue weighted by Gasteiger charge is -2.07. The summed E-state index contributed by atoms with van der Waals surface area (Å²) >= 11 is 0. The predicted molar refractivity (Wildman–Crippen MR) is 48.9 cm³/mol. The Labute approximate surface area is 71.0 Å². The van der Waals surface area contributed by atoms with Gasteiger partial charge in [0.25, 0.3) is 0 Å². The molecule has 1 aliphatic carbocycles. The van der Waals surface area contributed by atoms with Gasteiger partial charge in [0, 0.05) is 27.8 Å². The van der Waals surface area contributed by atoms with Crippen LogP contribution in [-0.4, -0.2) is 21.3 Å². The maximum Gasteiger partial charge on any atom is 0.0363 e. The highest BCUT2D eigenvalue weighted by atomic mass is 32.2. The van der Waals surface area contributed by atoms with Crippen LogP contribution in [0.4, 0.5) is 0 Å². The van der Waals surface area contributed by atoms with Crippen LogP contribution < -0.4 is 5.73 Å². The average molecular weight is 175 g/mol. The van der Waals surface area contributed by atoms with Crippen LogP contribution in [0, 0.1) is 0 Å². The van der Waals surface area contributed by atoms with E-state index in [1.807, 2.05) is 0 Å². The molecule has 3 heteroatoms. The maximum atomic E-state index is 11.4. The summed E-state index contributed by atoms with van der Waals surface area (Å²) in [4.78, 5) is 0. The Kier molecular flexibility index (Phi) is 3.52. The van der Waals surface area contributed by atoms with E-state index in [-0.39, 0.29) is 0 Å². The van der Waals surface area contributed by atoms with E-state index in [2.05, 4.69) is 6.92 Å². The summed E-state index contributed by atoms with van der Waals surface area (Å²) in [7, 11) is -0.596. The molecule has 0 aromatic carbocycles. The van der Waals surface area contributed by atoms with Gasteiger partial charge in [0.05, 0.1) is 0 Å². The number of hydrogen-bond acceptors (Lipinski definition) is 2. The van der Waals surface area contributed by atoms with E-state index in [0.717, 1.165) is 31.4 Å². The van der Waals surface area contributed by atoms with Gasteiger partial charge in [0.2, 0.25) is 0 Å². The summed E-state index contributed by atoms with van der Waals surface area (Å²) in [6.45, 7) is 2.08. The molecular formula is C8H17NOS. The van der Waals surface area contributed by atoms with Gasteiger partial charge in [-0.3, -0.25) is 4.21 Å². The molecule has 2 N–H and O–H groups in total. The van der Waals surface area contributed by atoms with Crippen LogP contribution in [0.5, 0.6) is 0 Å². The standard InChI is InChI=1S/C8H17NOS/c1-2-5-11(10)8-4-3-7(9)6-8/h7-8H,2-6,9H2,1H3. The zero-order valence-corrected chi connectivity index (χ0v) is 7.90. The van der Waals surface area contributed by atoms with Crippen LogP contribution in [0.25, 0.3) is 0 Å². The van der Waals surface area contributed by atoms with Crippen molar-refractivity contribution in [2.75, 3.05) is 5.75 Å². The van der Waals surface area contributed by atoms with Gasteiger partial charge < -0.3 is 5.73 Å². The fourth-order valence-electron chi connectivity index (χ4n) is 1.58. The zero-order chi connectivity index (χ0) is 8.27. The Morgan fingerprint density at radius 3 is 2.73 bits per heavy atom. The largest absolute Gasteiger partial charge is 0.328 e. The zero-order valence-electron chi connectivity index (χ0n) is 7.08. The highest BCUT2D eigenvalue weighted by Gasteiger charge is 2.25. The summed E-state index contributed by atoms with van der Waals surface area (Å²) in [5, 5.41) is 0.407. The number of rotatable bonds is 3. The van der Waals surface area contributed by atoms with Crippen LogP contribution in [-0.2, 0) is 10.8 Å². The minimum atomic E-state index is -0.596. The van der Waals surface area contributed by atoms with Crippen molar-refractivity contribution in [1.29, 1.82) is 0 Å². The Bertz CT molecular complexity index is 149. The van der Waals surface area contributed by atoms with Crippen LogP contribution >= 0.6 is 0 Å². The summed E-state index contributed by atoms with van der Waals surface area (Å²) in [6.07, 6.45) is 4.15. The lowest BCUT2D eigenvalue weighted by Crippen LogP contribution is -2.19. The lowest BCUT2D eigenvalue weighted by atomic mass is 10.3. The molecule has 0 aromatic rings. The monoisotopic (exact) mass is 175 g/mol. The van der Waals surface area contributed by atoms with E-state index in [4.69, 9.17) is 5.73 Å². The van der Waals surface area contributed by atoms with Crippen molar-refractivity contribution in [2.24, 2.45) is 5.73 Å². The molecule has 0 radical (unpaired) electrons. The molecule has 1 aliphatic rings. The van der Waals surface area contributed by atoms with Crippen molar-refractivity contribution in [1.82, 2.24) is 0 Å². The minimum Gasteiger partial charge on any atom is -0.328 e. The van der Waals surface area contributed by atoms with E-state index in [9.17, 15) is 4.21 Å². The Morgan fingerprint density at radius 1 is 1.55 bits per heavy atom. The summed E-state index contributed by atoms with van der Waals surface area (Å²) in [5.74, 6) is 0.859. The summed E-state index contributed by atoms with van der Waals surface area (Å²) < 4.78 is 11.4. The van der Waals surface area contributed by atoms with Gasteiger partial charge in [-0.1, -0.05) is 6.92 Å². The third-order valence-corrected chi connectivity index (χ3v) is 4.18. The highest BCUT2D eigenvalue weighted by molar-refractivity contribution is 7.85. The molecule has 0 heterocycles. The van der Waals surface area contributed by atoms with Crippen molar-refractivity contribution in [3.8, 4) is 0 Å². The molecule has 0 spiro atoms. The van der Waals surface area contributed by atoms with Crippen molar-refractivity contribution in [2.45, 2.75) is 43.9 Å². The van der Waals surface area contributed by atoms with Gasteiger partial charge in [-0.15, -0.1) is 0 Å². The second kappa shape index (κ2) is 4.21. The van der Waals surface area contributed by atoms with Gasteiger partial charge in [0.15, 0.2) is 0 Å². The molecule has 1 fully saturated rings. The van der Waals surface area contributed by atoms with Crippen molar-refractivity contribution in [3.63, 3.8) is 0 Å². The normalized spacial score (nSPS) is 34.0. The Hall–Kier alpha value is 0.110. The molecule has 1 rings (SSSR count). The highest BCUT2D eigenvalue weighted by Crippen LogP contribution is 2.22. The Morgan fingerprint density at radius 2 is 2.27 bits per heavy atom. The molecule has 1 saturated carbocycles. The minimum absolute atomic E-state index is 0.320. The lowest BCUT2D eigenvalue weighted by molar-refractivity contribution is 0.663. The van der Waals surface area contributed by atoms with Crippen molar-refractivity contribution < 1.29 is 4.21 Å². The number of hydrogen-bond donors (Lipinski definition) is 1. The fraction of sp³-hybridized carbons (Fsp3) is 1.00. The van der Waals surface area contributed by atoms with E-state index in [1.165, 1.54) is 0 Å². The third kappa shape index (κ3) is 2.56. The first-order chi connectivity index (χ1) is 5.24. The van der Waals surface area contributed by atoms with Crippen LogP contribution in [0.2, 0.25) is 0 Å². The molecule has 0 aromatic heterocycles. The molecule has 3 atom stereocenters. The number of nitrogens with two attached hydrogens (primary N) is 1. The average Bonchev–Trinajstić information content (AvgIpc) is 2.36. The third-order valence-electron chi connectivity index (χ3n) is 2.20. The first-order valence-corrected chi connectivity index (χ1v) is 5.75. The van der Waals surface area contributed by atoms with Gasteiger partial charge in [-0.25, -0.2) is 0 Å². The van der Waals surface area contributed by atoms with E-state index >= 15 is 0 Å². The van der Waals surface area contributed by atoms with Gasteiger partial charge in [-0.2, -0.15) is 0 Å². The van der Waals surface area contributed by atoms with Crippen LogP contribution in [0.3, 0.4) is 0 Å². The van der Waals surface area contributed by atoms with Crippen molar-refractivity contribution in [3.05, 3.63) is 0 Å². The quantitative estimate of drug-likeness (QED) is 0.696. The molecule has 0 amide bonds.